The molecule has 0 radical (unpaired) electrons. The highest BCUT2D eigenvalue weighted by atomic mass is 19.4. The van der Waals surface area contributed by atoms with Gasteiger partial charge in [-0.3, -0.25) is 0 Å². The van der Waals surface area contributed by atoms with Gasteiger partial charge in [0.2, 0.25) is 0 Å². The first-order valence-electron chi connectivity index (χ1n) is 11.2. The molecule has 0 saturated carbocycles. The maximum Gasteiger partial charge on any atom is 0.416 e. The maximum absolute atomic E-state index is 13.6. The van der Waals surface area contributed by atoms with Crippen LogP contribution in [0.4, 0.5) is 57.1 Å². The third-order valence-corrected chi connectivity index (χ3v) is 5.47. The molecule has 41 heavy (non-hydrogen) atoms. The molecule has 4 rings (SSSR count). The van der Waals surface area contributed by atoms with E-state index in [9.17, 15) is 57.1 Å². The van der Waals surface area contributed by atoms with Gasteiger partial charge in [0.15, 0.2) is 0 Å². The van der Waals surface area contributed by atoms with Crippen molar-refractivity contribution in [1.82, 2.24) is 0 Å². The molecule has 0 aliphatic heterocycles. The van der Waals surface area contributed by atoms with E-state index >= 15 is 0 Å². The van der Waals surface area contributed by atoms with Crippen molar-refractivity contribution in [2.45, 2.75) is 24.7 Å². The van der Waals surface area contributed by atoms with Gasteiger partial charge < -0.3 is 0 Å². The Morgan fingerprint density at radius 2 is 0.683 bits per heavy atom. The monoisotopic (exact) mass is 598 g/mol. The minimum absolute atomic E-state index is 0.00431. The number of halogens is 13. The summed E-state index contributed by atoms with van der Waals surface area (Å²) in [5, 5.41) is 0. The Balaban J connectivity index is 0.000000226. The summed E-state index contributed by atoms with van der Waals surface area (Å²) in [5.74, 6) is -0.898. The fourth-order valence-corrected chi connectivity index (χ4v) is 3.56. The summed E-state index contributed by atoms with van der Waals surface area (Å²) in [7, 11) is 0. The van der Waals surface area contributed by atoms with Gasteiger partial charge >= 0.3 is 24.7 Å². The first-order chi connectivity index (χ1) is 18.8. The van der Waals surface area contributed by atoms with Crippen LogP contribution in [-0.4, -0.2) is 0 Å². The number of hydrogen-bond acceptors (Lipinski definition) is 0. The van der Waals surface area contributed by atoms with Gasteiger partial charge in [0.1, 0.15) is 5.82 Å². The highest BCUT2D eigenvalue weighted by molar-refractivity contribution is 5.67. The van der Waals surface area contributed by atoms with E-state index in [0.29, 0.717) is 29.8 Å². The Labute approximate surface area is 223 Å². The van der Waals surface area contributed by atoms with Crippen LogP contribution in [0, 0.1) is 5.82 Å². The fourth-order valence-electron chi connectivity index (χ4n) is 3.56. The molecular weight excluding hydrogens is 583 g/mol. The predicted molar refractivity (Wildman–Crippen MR) is 124 cm³/mol. The molecule has 0 aliphatic rings. The lowest BCUT2D eigenvalue weighted by Crippen LogP contribution is -2.11. The van der Waals surface area contributed by atoms with Crippen LogP contribution in [0.5, 0.6) is 0 Å². The number of benzene rings is 4. The van der Waals surface area contributed by atoms with Crippen molar-refractivity contribution < 1.29 is 57.1 Å². The van der Waals surface area contributed by atoms with E-state index in [-0.39, 0.29) is 23.3 Å². The molecular formula is C28H15F13. The Bertz CT molecular complexity index is 1410. The average molecular weight is 598 g/mol. The molecule has 0 N–H and O–H groups in total. The van der Waals surface area contributed by atoms with Crippen molar-refractivity contribution in [3.8, 4) is 22.3 Å². The molecule has 4 aromatic carbocycles. The Hall–Kier alpha value is -4.03. The molecule has 0 nitrogen and oxygen atoms in total. The first-order valence-corrected chi connectivity index (χ1v) is 11.2. The molecule has 0 amide bonds. The molecule has 0 atom stereocenters. The van der Waals surface area contributed by atoms with Gasteiger partial charge in [-0.1, -0.05) is 48.5 Å². The van der Waals surface area contributed by atoms with Crippen LogP contribution in [-0.2, 0) is 24.7 Å². The number of alkyl halides is 12. The highest BCUT2D eigenvalue weighted by Gasteiger charge is 2.38. The van der Waals surface area contributed by atoms with Gasteiger partial charge in [-0.15, -0.1) is 0 Å². The first kappa shape index (κ1) is 31.5. The van der Waals surface area contributed by atoms with Gasteiger partial charge in [0, 0.05) is 5.56 Å². The lowest BCUT2D eigenvalue weighted by molar-refractivity contribution is -0.144. The van der Waals surface area contributed by atoms with Gasteiger partial charge in [-0.2, -0.15) is 52.7 Å². The summed E-state index contributed by atoms with van der Waals surface area (Å²) in [6.07, 6.45) is -19.6. The zero-order valence-corrected chi connectivity index (χ0v) is 20.1. The second-order valence-electron chi connectivity index (χ2n) is 8.43. The zero-order chi connectivity index (χ0) is 30.8. The quantitative estimate of drug-likeness (QED) is 0.202. The van der Waals surface area contributed by atoms with Crippen LogP contribution < -0.4 is 0 Å². The van der Waals surface area contributed by atoms with Crippen LogP contribution in [0.1, 0.15) is 22.3 Å². The topological polar surface area (TPSA) is 0 Å². The maximum atomic E-state index is 13.6. The standard InChI is InChI=1S/C14H7F7.C14H8F6/c15-12-4-2-1-3-11(12)8-5-9(13(16,17)18)7-10(6-8)14(19,20)21;15-13(16,17)11-6-10(9-4-2-1-3-5-9)7-12(8-11)14(18,19)20/h1-7H;1-8H. The van der Waals surface area contributed by atoms with E-state index in [0.717, 1.165) is 12.1 Å². The van der Waals surface area contributed by atoms with Crippen molar-refractivity contribution in [1.29, 1.82) is 0 Å². The molecule has 0 unspecified atom stereocenters. The summed E-state index contributed by atoms with van der Waals surface area (Å²) >= 11 is 0. The summed E-state index contributed by atoms with van der Waals surface area (Å²) in [6.45, 7) is 0. The predicted octanol–water partition coefficient (Wildman–Crippen LogP) is 10.9. The molecule has 13 heteroatoms. The Morgan fingerprint density at radius 3 is 1.05 bits per heavy atom. The van der Waals surface area contributed by atoms with Gasteiger partial charge in [-0.05, 0) is 59.2 Å². The number of rotatable bonds is 2. The van der Waals surface area contributed by atoms with Crippen LogP contribution >= 0.6 is 0 Å². The van der Waals surface area contributed by atoms with Crippen LogP contribution in [0.2, 0.25) is 0 Å². The van der Waals surface area contributed by atoms with Crippen molar-refractivity contribution in [3.05, 3.63) is 119 Å². The van der Waals surface area contributed by atoms with E-state index in [1.54, 1.807) is 18.2 Å². The molecule has 4 aromatic rings. The van der Waals surface area contributed by atoms with Crippen molar-refractivity contribution >= 4 is 0 Å². The zero-order valence-electron chi connectivity index (χ0n) is 20.1. The number of hydrogen-bond donors (Lipinski definition) is 0. The van der Waals surface area contributed by atoms with Crippen molar-refractivity contribution in [2.75, 3.05) is 0 Å². The molecule has 218 valence electrons. The lowest BCUT2D eigenvalue weighted by Gasteiger charge is -2.14. The van der Waals surface area contributed by atoms with E-state index in [1.165, 1.54) is 24.3 Å². The average Bonchev–Trinajstić information content (AvgIpc) is 2.87. The molecule has 0 aromatic heterocycles. The normalized spacial score (nSPS) is 12.5. The molecule has 0 spiro atoms. The third-order valence-electron chi connectivity index (χ3n) is 5.47. The Kier molecular flexibility index (Phi) is 8.80. The van der Waals surface area contributed by atoms with Crippen molar-refractivity contribution in [3.63, 3.8) is 0 Å². The van der Waals surface area contributed by atoms with E-state index in [4.69, 9.17) is 0 Å². The summed E-state index contributed by atoms with van der Waals surface area (Å²) in [4.78, 5) is 0. The minimum atomic E-state index is -4.96. The smallest absolute Gasteiger partial charge is 0.206 e. The van der Waals surface area contributed by atoms with Gasteiger partial charge in [0.05, 0.1) is 22.3 Å². The summed E-state index contributed by atoms with van der Waals surface area (Å²) in [5.41, 5.74) is -6.20. The second-order valence-corrected chi connectivity index (χ2v) is 8.43. The molecule has 0 bridgehead atoms. The van der Waals surface area contributed by atoms with Crippen LogP contribution in [0.15, 0.2) is 91.0 Å². The summed E-state index contributed by atoms with van der Waals surface area (Å²) < 4.78 is 166. The summed E-state index contributed by atoms with van der Waals surface area (Å²) in [6, 6.07) is 14.9. The van der Waals surface area contributed by atoms with Gasteiger partial charge in [-0.25, -0.2) is 4.39 Å². The Morgan fingerprint density at radius 1 is 0.341 bits per heavy atom. The second kappa shape index (κ2) is 11.5. The SMILES string of the molecule is FC(F)(F)c1cc(-c2ccccc2)cc(C(F)(F)F)c1.Fc1ccccc1-c1cc(C(F)(F)F)cc(C(F)(F)F)c1. The van der Waals surface area contributed by atoms with Gasteiger partial charge in [0.25, 0.3) is 0 Å². The van der Waals surface area contributed by atoms with E-state index in [1.807, 2.05) is 0 Å². The molecule has 0 aliphatic carbocycles. The lowest BCUT2D eigenvalue weighted by atomic mass is 9.99. The molecule has 0 fully saturated rings. The van der Waals surface area contributed by atoms with E-state index in [2.05, 4.69) is 0 Å². The third kappa shape index (κ3) is 8.24. The molecule has 0 saturated heterocycles. The molecule has 0 heterocycles. The fraction of sp³-hybridized carbons (Fsp3) is 0.143. The van der Waals surface area contributed by atoms with Crippen molar-refractivity contribution in [2.24, 2.45) is 0 Å². The highest BCUT2D eigenvalue weighted by Crippen LogP contribution is 2.40. The minimum Gasteiger partial charge on any atom is -0.206 e. The largest absolute Gasteiger partial charge is 0.416 e. The van der Waals surface area contributed by atoms with E-state index < -0.39 is 58.3 Å². The van der Waals surface area contributed by atoms with Crippen LogP contribution in [0.3, 0.4) is 0 Å². The van der Waals surface area contributed by atoms with Crippen LogP contribution in [0.25, 0.3) is 22.3 Å².